The first-order valence-electron chi connectivity index (χ1n) is 8.26. The summed E-state index contributed by atoms with van der Waals surface area (Å²) in [5.74, 6) is 1.38. The van der Waals surface area contributed by atoms with Crippen molar-refractivity contribution in [2.45, 2.75) is 20.3 Å². The number of nitrogens with one attached hydrogen (secondary N) is 2. The zero-order chi connectivity index (χ0) is 17.6. The molecule has 0 spiro atoms. The van der Waals surface area contributed by atoms with Gasteiger partial charge in [0.2, 0.25) is 5.95 Å². The summed E-state index contributed by atoms with van der Waals surface area (Å²) in [5, 5.41) is 7.34. The molecule has 3 rings (SSSR count). The molecule has 25 heavy (non-hydrogen) atoms. The van der Waals surface area contributed by atoms with Crippen molar-refractivity contribution < 1.29 is 0 Å². The molecule has 1 aromatic heterocycles. The predicted molar refractivity (Wildman–Crippen MR) is 105 cm³/mol. The van der Waals surface area contributed by atoms with Crippen LogP contribution in [0.4, 0.5) is 17.5 Å². The number of nitrogens with zero attached hydrogens (tertiary/aromatic N) is 2. The van der Waals surface area contributed by atoms with E-state index in [1.165, 1.54) is 16.7 Å². The Morgan fingerprint density at radius 1 is 0.960 bits per heavy atom. The summed E-state index contributed by atoms with van der Waals surface area (Å²) in [5.41, 5.74) is 4.73. The molecule has 0 aliphatic rings. The van der Waals surface area contributed by atoms with Gasteiger partial charge in [0.25, 0.3) is 0 Å². The van der Waals surface area contributed by atoms with E-state index in [1.54, 1.807) is 6.20 Å². The molecular formula is C20H21ClN4. The van der Waals surface area contributed by atoms with E-state index in [4.69, 9.17) is 11.6 Å². The highest BCUT2D eigenvalue weighted by atomic mass is 35.5. The number of anilines is 3. The van der Waals surface area contributed by atoms with Crippen LogP contribution in [-0.4, -0.2) is 16.5 Å². The van der Waals surface area contributed by atoms with Crippen molar-refractivity contribution in [3.63, 3.8) is 0 Å². The molecule has 4 nitrogen and oxygen atoms in total. The molecule has 0 saturated carbocycles. The Hall–Kier alpha value is -2.59. The lowest BCUT2D eigenvalue weighted by atomic mass is 10.1. The van der Waals surface area contributed by atoms with E-state index in [2.05, 4.69) is 46.6 Å². The molecule has 0 aliphatic carbocycles. The van der Waals surface area contributed by atoms with Gasteiger partial charge in [-0.15, -0.1) is 0 Å². The SMILES string of the molecule is Cc1ccc(Nc2nccc(NCCc3ccc(Cl)cc3)n2)cc1C. The number of halogens is 1. The van der Waals surface area contributed by atoms with Crippen LogP contribution >= 0.6 is 11.6 Å². The van der Waals surface area contributed by atoms with E-state index in [1.807, 2.05) is 36.4 Å². The van der Waals surface area contributed by atoms with Gasteiger partial charge in [0.15, 0.2) is 0 Å². The van der Waals surface area contributed by atoms with E-state index in [9.17, 15) is 0 Å². The normalized spacial score (nSPS) is 10.5. The third-order valence-corrected chi connectivity index (χ3v) is 4.30. The highest BCUT2D eigenvalue weighted by molar-refractivity contribution is 6.30. The molecule has 0 radical (unpaired) electrons. The lowest BCUT2D eigenvalue weighted by molar-refractivity contribution is 1.00. The van der Waals surface area contributed by atoms with Gasteiger partial charge in [0.1, 0.15) is 5.82 Å². The lowest BCUT2D eigenvalue weighted by Crippen LogP contribution is -2.07. The molecule has 0 fully saturated rings. The second kappa shape index (κ2) is 7.99. The molecule has 0 atom stereocenters. The minimum absolute atomic E-state index is 0.583. The zero-order valence-corrected chi connectivity index (χ0v) is 15.1. The van der Waals surface area contributed by atoms with Crippen LogP contribution in [0.1, 0.15) is 16.7 Å². The Morgan fingerprint density at radius 3 is 2.52 bits per heavy atom. The molecule has 3 aromatic rings. The average molecular weight is 353 g/mol. The van der Waals surface area contributed by atoms with Crippen LogP contribution in [-0.2, 0) is 6.42 Å². The molecular weight excluding hydrogens is 332 g/mol. The Labute approximate surface area is 153 Å². The van der Waals surface area contributed by atoms with E-state index in [-0.39, 0.29) is 0 Å². The molecule has 2 aromatic carbocycles. The van der Waals surface area contributed by atoms with Crippen LogP contribution < -0.4 is 10.6 Å². The summed E-state index contributed by atoms with van der Waals surface area (Å²) in [4.78, 5) is 8.80. The molecule has 0 unspecified atom stereocenters. The second-order valence-electron chi connectivity index (χ2n) is 5.99. The first-order chi connectivity index (χ1) is 12.1. The number of aryl methyl sites for hydroxylation is 2. The van der Waals surface area contributed by atoms with Crippen LogP contribution in [0.15, 0.2) is 54.7 Å². The van der Waals surface area contributed by atoms with Gasteiger partial charge < -0.3 is 10.6 Å². The Kier molecular flexibility index (Phi) is 5.51. The topological polar surface area (TPSA) is 49.8 Å². The van der Waals surface area contributed by atoms with Crippen molar-refractivity contribution in [3.05, 3.63) is 76.4 Å². The average Bonchev–Trinajstić information content (AvgIpc) is 2.60. The van der Waals surface area contributed by atoms with Crippen molar-refractivity contribution in [1.29, 1.82) is 0 Å². The van der Waals surface area contributed by atoms with Gasteiger partial charge in [0.05, 0.1) is 0 Å². The van der Waals surface area contributed by atoms with Gasteiger partial charge in [-0.1, -0.05) is 29.8 Å². The fourth-order valence-electron chi connectivity index (χ4n) is 2.45. The van der Waals surface area contributed by atoms with Gasteiger partial charge in [-0.25, -0.2) is 4.98 Å². The van der Waals surface area contributed by atoms with E-state index >= 15 is 0 Å². The third kappa shape index (κ3) is 4.94. The van der Waals surface area contributed by atoms with Crippen LogP contribution in [0.5, 0.6) is 0 Å². The summed E-state index contributed by atoms with van der Waals surface area (Å²) in [6, 6.07) is 16.0. The van der Waals surface area contributed by atoms with Crippen LogP contribution in [0.2, 0.25) is 5.02 Å². The van der Waals surface area contributed by atoms with Crippen LogP contribution in [0.25, 0.3) is 0 Å². The number of hydrogen-bond donors (Lipinski definition) is 2. The second-order valence-corrected chi connectivity index (χ2v) is 6.43. The summed E-state index contributed by atoms with van der Waals surface area (Å²) in [6.45, 7) is 4.98. The molecule has 1 heterocycles. The number of rotatable bonds is 6. The maximum absolute atomic E-state index is 5.90. The quantitative estimate of drug-likeness (QED) is 0.644. The molecule has 2 N–H and O–H groups in total. The van der Waals surface area contributed by atoms with Gasteiger partial charge in [-0.2, -0.15) is 4.98 Å². The minimum Gasteiger partial charge on any atom is -0.370 e. The third-order valence-electron chi connectivity index (χ3n) is 4.05. The largest absolute Gasteiger partial charge is 0.370 e. The van der Waals surface area contributed by atoms with Crippen LogP contribution in [0.3, 0.4) is 0 Å². The maximum atomic E-state index is 5.90. The molecule has 0 aliphatic heterocycles. The zero-order valence-electron chi connectivity index (χ0n) is 14.4. The first kappa shape index (κ1) is 17.2. The molecule has 128 valence electrons. The van der Waals surface area contributed by atoms with Gasteiger partial charge in [-0.3, -0.25) is 0 Å². The molecule has 0 saturated heterocycles. The fraction of sp³-hybridized carbons (Fsp3) is 0.200. The Bertz CT molecular complexity index is 847. The number of aromatic nitrogens is 2. The lowest BCUT2D eigenvalue weighted by Gasteiger charge is -2.10. The van der Waals surface area contributed by atoms with E-state index in [0.717, 1.165) is 29.5 Å². The smallest absolute Gasteiger partial charge is 0.229 e. The standard InChI is InChI=1S/C20H21ClN4/c1-14-3-8-18(13-15(14)2)24-20-23-12-10-19(25-20)22-11-9-16-4-6-17(21)7-5-16/h3-8,10,12-13H,9,11H2,1-2H3,(H2,22,23,24,25). The van der Waals surface area contributed by atoms with Gasteiger partial charge in [-0.05, 0) is 67.3 Å². The summed E-state index contributed by atoms with van der Waals surface area (Å²) < 4.78 is 0. The van der Waals surface area contributed by atoms with Crippen molar-refractivity contribution >= 4 is 29.1 Å². The first-order valence-corrected chi connectivity index (χ1v) is 8.63. The minimum atomic E-state index is 0.583. The van der Waals surface area contributed by atoms with Gasteiger partial charge >= 0.3 is 0 Å². The summed E-state index contributed by atoms with van der Waals surface area (Å²) >= 11 is 5.90. The predicted octanol–water partition coefficient (Wildman–Crippen LogP) is 5.15. The summed E-state index contributed by atoms with van der Waals surface area (Å²) in [7, 11) is 0. The monoisotopic (exact) mass is 352 g/mol. The highest BCUT2D eigenvalue weighted by Crippen LogP contribution is 2.18. The highest BCUT2D eigenvalue weighted by Gasteiger charge is 2.02. The Balaban J connectivity index is 1.59. The maximum Gasteiger partial charge on any atom is 0.229 e. The van der Waals surface area contributed by atoms with Crippen molar-refractivity contribution in [2.24, 2.45) is 0 Å². The van der Waals surface area contributed by atoms with Crippen molar-refractivity contribution in [2.75, 3.05) is 17.2 Å². The van der Waals surface area contributed by atoms with E-state index in [0.29, 0.717) is 5.95 Å². The number of benzene rings is 2. The molecule has 0 amide bonds. The van der Waals surface area contributed by atoms with Crippen molar-refractivity contribution in [3.8, 4) is 0 Å². The van der Waals surface area contributed by atoms with Crippen molar-refractivity contribution in [1.82, 2.24) is 9.97 Å². The van der Waals surface area contributed by atoms with Crippen LogP contribution in [0, 0.1) is 13.8 Å². The summed E-state index contributed by atoms with van der Waals surface area (Å²) in [6.07, 6.45) is 2.65. The molecule has 0 bridgehead atoms. The fourth-order valence-corrected chi connectivity index (χ4v) is 2.58. The number of hydrogen-bond acceptors (Lipinski definition) is 4. The van der Waals surface area contributed by atoms with Gasteiger partial charge in [0, 0.05) is 23.5 Å². The van der Waals surface area contributed by atoms with E-state index < -0.39 is 0 Å². The Morgan fingerprint density at radius 2 is 1.76 bits per heavy atom. The molecule has 5 heteroatoms.